The van der Waals surface area contributed by atoms with Crippen LogP contribution in [0, 0.1) is 11.8 Å². The van der Waals surface area contributed by atoms with E-state index in [1.807, 2.05) is 48.6 Å². The first-order valence-corrected chi connectivity index (χ1v) is 15.1. The molecular weight excluding hydrogens is 554 g/mol. The molecule has 1 aromatic heterocycles. The van der Waals surface area contributed by atoms with Crippen LogP contribution < -0.4 is 19.1 Å². The number of para-hydroxylation sites is 1. The van der Waals surface area contributed by atoms with Gasteiger partial charge in [-0.1, -0.05) is 38.1 Å². The lowest BCUT2D eigenvalue weighted by Gasteiger charge is -2.32. The molecule has 2 heterocycles. The van der Waals surface area contributed by atoms with E-state index in [-0.39, 0.29) is 19.1 Å². The van der Waals surface area contributed by atoms with E-state index in [1.54, 1.807) is 19.5 Å². The van der Waals surface area contributed by atoms with Crippen molar-refractivity contribution in [3.8, 4) is 23.0 Å². The Morgan fingerprint density at radius 3 is 2.34 bits per heavy atom. The Labute approximate surface area is 259 Å². The molecule has 0 amide bonds. The monoisotopic (exact) mass is 595 g/mol. The third kappa shape index (κ3) is 7.04. The lowest BCUT2D eigenvalue weighted by molar-refractivity contribution is 0.128. The van der Waals surface area contributed by atoms with Crippen molar-refractivity contribution in [2.75, 3.05) is 38.4 Å². The summed E-state index contributed by atoms with van der Waals surface area (Å²) in [5.74, 6) is 2.79. The number of rotatable bonds is 15. The molecule has 1 aliphatic heterocycles. The fourth-order valence-electron chi connectivity index (χ4n) is 5.66. The molecule has 2 atom stereocenters. The van der Waals surface area contributed by atoms with Crippen LogP contribution in [0.1, 0.15) is 26.7 Å². The lowest BCUT2D eigenvalue weighted by atomic mass is 9.81. The van der Waals surface area contributed by atoms with Gasteiger partial charge in [0, 0.05) is 60.9 Å². The van der Waals surface area contributed by atoms with E-state index < -0.39 is 5.54 Å². The SMILES string of the molecule is COc1cc2c(Oc3ccc(N(CC(C)C)c4ccccc4)cc3)ccnc2cc1OCCC(CO)C1(CCO)C=CC=N1. The number of methoxy groups -OCH3 is 1. The number of aliphatic hydroxyl groups is 2. The number of hydrogen-bond donors (Lipinski definition) is 2. The molecule has 2 N–H and O–H groups in total. The number of aromatic nitrogens is 1. The standard InChI is InChI=1S/C36H41N3O5/c1-26(2)24-39(28-8-5-4-6-9-28)29-10-12-30(13-11-29)44-33-14-19-37-32-23-35(34(42-3)22-31(32)33)43-21-15-27(25-41)36(17-20-40)16-7-18-38-36/h4-14,16,18-19,22-23,26-27,40-41H,15,17,20-21,24-25H2,1-3H3. The normalized spacial score (nSPS) is 16.4. The van der Waals surface area contributed by atoms with Gasteiger partial charge >= 0.3 is 0 Å². The Bertz CT molecular complexity index is 1560. The largest absolute Gasteiger partial charge is 0.493 e. The smallest absolute Gasteiger partial charge is 0.163 e. The number of aliphatic imine (C=N–C) groups is 1. The van der Waals surface area contributed by atoms with E-state index in [0.29, 0.717) is 53.9 Å². The van der Waals surface area contributed by atoms with E-state index in [0.717, 1.165) is 23.3 Å². The molecule has 0 fully saturated rings. The first-order valence-electron chi connectivity index (χ1n) is 15.1. The van der Waals surface area contributed by atoms with Crippen LogP contribution in [0.25, 0.3) is 10.9 Å². The molecular formula is C36H41N3O5. The van der Waals surface area contributed by atoms with Crippen molar-refractivity contribution in [3.05, 3.63) is 91.1 Å². The maximum Gasteiger partial charge on any atom is 0.163 e. The second-order valence-corrected chi connectivity index (χ2v) is 11.4. The minimum Gasteiger partial charge on any atom is -0.493 e. The van der Waals surface area contributed by atoms with Gasteiger partial charge in [0.25, 0.3) is 0 Å². The molecule has 44 heavy (non-hydrogen) atoms. The van der Waals surface area contributed by atoms with E-state index in [2.05, 4.69) is 65.1 Å². The van der Waals surface area contributed by atoms with Crippen LogP contribution in [0.15, 0.2) is 96.1 Å². The fourth-order valence-corrected chi connectivity index (χ4v) is 5.66. The number of nitrogens with zero attached hydrogens (tertiary/aromatic N) is 3. The summed E-state index contributed by atoms with van der Waals surface area (Å²) in [6, 6.07) is 24.1. The van der Waals surface area contributed by atoms with Gasteiger partial charge in [0.05, 0.1) is 24.8 Å². The molecule has 0 spiro atoms. The Morgan fingerprint density at radius 1 is 0.909 bits per heavy atom. The molecule has 4 aromatic rings. The average Bonchev–Trinajstić information content (AvgIpc) is 3.52. The molecule has 0 aliphatic carbocycles. The molecule has 230 valence electrons. The highest BCUT2D eigenvalue weighted by Gasteiger charge is 2.36. The molecule has 2 unspecified atom stereocenters. The molecule has 0 bridgehead atoms. The van der Waals surface area contributed by atoms with Gasteiger partial charge in [-0.25, -0.2) is 0 Å². The zero-order valence-corrected chi connectivity index (χ0v) is 25.6. The Kier molecular flexibility index (Phi) is 10.1. The van der Waals surface area contributed by atoms with Crippen molar-refractivity contribution in [3.63, 3.8) is 0 Å². The second kappa shape index (κ2) is 14.4. The Balaban J connectivity index is 1.32. The van der Waals surface area contributed by atoms with Gasteiger partial charge in [0.15, 0.2) is 11.5 Å². The third-order valence-electron chi connectivity index (χ3n) is 7.93. The Morgan fingerprint density at radius 2 is 1.68 bits per heavy atom. The number of allylic oxidation sites excluding steroid dienone is 1. The lowest BCUT2D eigenvalue weighted by Crippen LogP contribution is -2.37. The number of hydrogen-bond acceptors (Lipinski definition) is 8. The van der Waals surface area contributed by atoms with Gasteiger partial charge in [0.1, 0.15) is 11.5 Å². The minimum atomic E-state index is -0.611. The van der Waals surface area contributed by atoms with Crippen molar-refractivity contribution >= 4 is 28.5 Å². The summed E-state index contributed by atoms with van der Waals surface area (Å²) in [5, 5.41) is 20.5. The molecule has 1 aliphatic rings. The summed E-state index contributed by atoms with van der Waals surface area (Å²) in [6.45, 7) is 5.60. The number of anilines is 2. The van der Waals surface area contributed by atoms with Gasteiger partial charge in [0.2, 0.25) is 0 Å². The summed E-state index contributed by atoms with van der Waals surface area (Å²) in [4.78, 5) is 11.4. The van der Waals surface area contributed by atoms with E-state index in [1.165, 1.54) is 0 Å². The van der Waals surface area contributed by atoms with Crippen LogP contribution in [-0.2, 0) is 0 Å². The molecule has 5 rings (SSSR count). The zero-order chi connectivity index (χ0) is 30.9. The van der Waals surface area contributed by atoms with Crippen LogP contribution in [-0.4, -0.2) is 60.4 Å². The molecule has 0 radical (unpaired) electrons. The summed E-state index contributed by atoms with van der Waals surface area (Å²) in [7, 11) is 1.60. The molecule has 8 nitrogen and oxygen atoms in total. The minimum absolute atomic E-state index is 0.0119. The van der Waals surface area contributed by atoms with Gasteiger partial charge in [-0.3, -0.25) is 9.98 Å². The molecule has 0 saturated carbocycles. The first kappa shape index (κ1) is 31.0. The predicted octanol–water partition coefficient (Wildman–Crippen LogP) is 6.97. The topological polar surface area (TPSA) is 96.6 Å². The summed E-state index contributed by atoms with van der Waals surface area (Å²) in [6.07, 6.45) is 8.24. The molecule has 3 aromatic carbocycles. The van der Waals surface area contributed by atoms with Crippen LogP contribution in [0.2, 0.25) is 0 Å². The maximum atomic E-state index is 10.1. The summed E-state index contributed by atoms with van der Waals surface area (Å²) < 4.78 is 18.2. The van der Waals surface area contributed by atoms with Crippen LogP contribution in [0.3, 0.4) is 0 Å². The van der Waals surface area contributed by atoms with Crippen molar-refractivity contribution in [1.82, 2.24) is 4.98 Å². The second-order valence-electron chi connectivity index (χ2n) is 11.4. The third-order valence-corrected chi connectivity index (χ3v) is 7.93. The zero-order valence-electron chi connectivity index (χ0n) is 25.6. The summed E-state index contributed by atoms with van der Waals surface area (Å²) >= 11 is 0. The predicted molar refractivity (Wildman–Crippen MR) is 176 cm³/mol. The van der Waals surface area contributed by atoms with Crippen molar-refractivity contribution in [2.45, 2.75) is 32.2 Å². The van der Waals surface area contributed by atoms with Crippen molar-refractivity contribution in [2.24, 2.45) is 16.8 Å². The number of pyridine rings is 1. The highest BCUT2D eigenvalue weighted by molar-refractivity contribution is 5.88. The number of aliphatic hydroxyl groups excluding tert-OH is 2. The molecule has 8 heteroatoms. The van der Waals surface area contributed by atoms with Crippen LogP contribution in [0.4, 0.5) is 11.4 Å². The first-order chi connectivity index (χ1) is 21.5. The maximum absolute atomic E-state index is 10.1. The highest BCUT2D eigenvalue weighted by atomic mass is 16.5. The van der Waals surface area contributed by atoms with Gasteiger partial charge < -0.3 is 29.3 Å². The van der Waals surface area contributed by atoms with Crippen LogP contribution in [0.5, 0.6) is 23.0 Å². The van der Waals surface area contributed by atoms with Crippen molar-refractivity contribution in [1.29, 1.82) is 0 Å². The Hall–Kier alpha value is -4.40. The summed E-state index contributed by atoms with van der Waals surface area (Å²) in [5.41, 5.74) is 2.35. The van der Waals surface area contributed by atoms with E-state index in [4.69, 9.17) is 14.2 Å². The quantitative estimate of drug-likeness (QED) is 0.153. The van der Waals surface area contributed by atoms with E-state index in [9.17, 15) is 10.2 Å². The van der Waals surface area contributed by atoms with Crippen LogP contribution >= 0.6 is 0 Å². The number of ether oxygens (including phenoxy) is 3. The fraction of sp³-hybridized carbons (Fsp3) is 0.333. The van der Waals surface area contributed by atoms with Gasteiger partial charge in [-0.05, 0) is 73.4 Å². The molecule has 0 saturated heterocycles. The number of fused-ring (bicyclic) bond motifs is 1. The van der Waals surface area contributed by atoms with Crippen molar-refractivity contribution < 1.29 is 24.4 Å². The highest BCUT2D eigenvalue weighted by Crippen LogP contribution is 2.39. The van der Waals surface area contributed by atoms with Gasteiger partial charge in [-0.15, -0.1) is 0 Å². The van der Waals surface area contributed by atoms with E-state index >= 15 is 0 Å². The number of benzene rings is 3. The van der Waals surface area contributed by atoms with Gasteiger partial charge in [-0.2, -0.15) is 0 Å². The average molecular weight is 596 g/mol.